The van der Waals surface area contributed by atoms with Gasteiger partial charge in [0.2, 0.25) is 0 Å². The smallest absolute Gasteiger partial charge is 0.0528 e. The van der Waals surface area contributed by atoms with Crippen LogP contribution in [0.3, 0.4) is 0 Å². The second-order valence-electron chi connectivity index (χ2n) is 14.3. The minimum absolute atomic E-state index is 0.114. The van der Waals surface area contributed by atoms with Gasteiger partial charge in [-0.2, -0.15) is 0 Å². The van der Waals surface area contributed by atoms with Crippen LogP contribution in [0.25, 0.3) is 61.3 Å². The van der Waals surface area contributed by atoms with Crippen molar-refractivity contribution < 1.29 is 0 Å². The molecule has 0 saturated carbocycles. The van der Waals surface area contributed by atoms with Gasteiger partial charge in [-0.15, -0.1) is 0 Å². The second kappa shape index (κ2) is 13.5. The molecule has 0 amide bonds. The average molecular weight is 681 g/mol. The largest absolute Gasteiger partial charge is 0.362 e. The molecule has 0 fully saturated rings. The Bertz CT molecular complexity index is 2680. The zero-order valence-corrected chi connectivity index (χ0v) is 30.0. The molecule has 2 nitrogen and oxygen atoms in total. The summed E-state index contributed by atoms with van der Waals surface area (Å²) in [6.45, 7) is 4.68. The number of nitrogens with one attached hydrogen (secondary N) is 1. The Balaban J connectivity index is 0.921. The molecule has 0 radical (unpaired) electrons. The Labute approximate surface area is 311 Å². The summed E-state index contributed by atoms with van der Waals surface area (Å²) in [5.74, 6) is 0. The lowest BCUT2D eigenvalue weighted by molar-refractivity contribution is 0.665. The quantitative estimate of drug-likeness (QED) is 0.177. The van der Waals surface area contributed by atoms with Crippen molar-refractivity contribution in [1.29, 1.82) is 0 Å². The zero-order valence-electron chi connectivity index (χ0n) is 30.0. The number of allylic oxidation sites excluding steroid dienone is 4. The molecule has 1 aliphatic rings. The minimum Gasteiger partial charge on any atom is -0.362 e. The van der Waals surface area contributed by atoms with Crippen molar-refractivity contribution in [2.24, 2.45) is 0 Å². The fraction of sp³-hybridized carbons (Fsp3) is 0.0588. The van der Waals surface area contributed by atoms with Gasteiger partial charge in [-0.1, -0.05) is 147 Å². The highest BCUT2D eigenvalue weighted by atomic mass is 15.0. The summed E-state index contributed by atoms with van der Waals surface area (Å²) in [6, 6.07) is 60.9. The van der Waals surface area contributed by atoms with Gasteiger partial charge in [-0.3, -0.25) is 0 Å². The third kappa shape index (κ3) is 6.09. The van der Waals surface area contributed by atoms with Crippen molar-refractivity contribution in [2.45, 2.75) is 19.3 Å². The normalized spacial score (nSPS) is 15.1. The lowest BCUT2D eigenvalue weighted by atomic mass is 9.81. The monoisotopic (exact) mass is 680 g/mol. The van der Waals surface area contributed by atoms with Crippen LogP contribution < -0.4 is 5.32 Å². The molecule has 254 valence electrons. The van der Waals surface area contributed by atoms with Crippen molar-refractivity contribution in [2.75, 3.05) is 5.32 Å². The first-order valence-electron chi connectivity index (χ1n) is 18.3. The number of aromatic nitrogens is 1. The van der Waals surface area contributed by atoms with E-state index in [4.69, 9.17) is 0 Å². The van der Waals surface area contributed by atoms with Crippen molar-refractivity contribution >= 4 is 39.0 Å². The molecular weight excluding hydrogens is 641 g/mol. The Morgan fingerprint density at radius 2 is 1.25 bits per heavy atom. The third-order valence-corrected chi connectivity index (χ3v) is 10.7. The Morgan fingerprint density at radius 3 is 2.08 bits per heavy atom. The predicted molar refractivity (Wildman–Crippen MR) is 226 cm³/mol. The van der Waals surface area contributed by atoms with Gasteiger partial charge in [0.25, 0.3) is 0 Å². The number of hydrogen-bond acceptors (Lipinski definition) is 1. The van der Waals surface area contributed by atoms with Gasteiger partial charge in [0.15, 0.2) is 0 Å². The first-order chi connectivity index (χ1) is 26.0. The molecule has 0 unspecified atom stereocenters. The molecule has 0 atom stereocenters. The predicted octanol–water partition coefficient (Wildman–Crippen LogP) is 13.5. The highest BCUT2D eigenvalue weighted by Gasteiger charge is 2.37. The third-order valence-electron chi connectivity index (χ3n) is 10.7. The van der Waals surface area contributed by atoms with Crippen molar-refractivity contribution in [3.05, 3.63) is 217 Å². The van der Waals surface area contributed by atoms with Crippen molar-refractivity contribution in [3.8, 4) is 27.9 Å². The van der Waals surface area contributed by atoms with Gasteiger partial charge in [-0.25, -0.2) is 0 Å². The number of benzene rings is 7. The summed E-state index contributed by atoms with van der Waals surface area (Å²) in [7, 11) is 0. The van der Waals surface area contributed by atoms with E-state index in [1.54, 1.807) is 0 Å². The Hall–Kier alpha value is -6.64. The molecule has 7 aromatic carbocycles. The van der Waals surface area contributed by atoms with Crippen LogP contribution in [0.1, 0.15) is 30.5 Å². The highest BCUT2D eigenvalue weighted by molar-refractivity contribution is 5.98. The fourth-order valence-corrected chi connectivity index (χ4v) is 7.90. The molecule has 0 bridgehead atoms. The summed E-state index contributed by atoms with van der Waals surface area (Å²) in [4.78, 5) is 0. The van der Waals surface area contributed by atoms with Gasteiger partial charge in [-0.05, 0) is 115 Å². The number of fused-ring (bicyclic) bond motifs is 3. The minimum atomic E-state index is -0.114. The molecule has 0 aliphatic heterocycles. The molecule has 0 saturated heterocycles. The molecule has 8 aromatic rings. The molecule has 1 heterocycles. The number of anilines is 1. The van der Waals surface area contributed by atoms with E-state index in [2.05, 4.69) is 218 Å². The van der Waals surface area contributed by atoms with Crippen molar-refractivity contribution in [3.63, 3.8) is 0 Å². The maximum absolute atomic E-state index is 3.49. The van der Waals surface area contributed by atoms with Crippen LogP contribution in [0.4, 0.5) is 5.69 Å². The first kappa shape index (κ1) is 32.3. The number of rotatable bonds is 7. The molecule has 53 heavy (non-hydrogen) atoms. The van der Waals surface area contributed by atoms with Crippen LogP contribution in [0.2, 0.25) is 0 Å². The molecule has 9 rings (SSSR count). The summed E-state index contributed by atoms with van der Waals surface area (Å²) < 4.78 is 2.26. The molecule has 1 N–H and O–H groups in total. The maximum Gasteiger partial charge on any atom is 0.0528 e. The van der Waals surface area contributed by atoms with Crippen LogP contribution in [0.15, 0.2) is 200 Å². The number of hydrogen-bond donors (Lipinski definition) is 1. The second-order valence-corrected chi connectivity index (χ2v) is 14.3. The zero-order chi connectivity index (χ0) is 35.8. The van der Waals surface area contributed by atoms with Gasteiger partial charge in [0.1, 0.15) is 0 Å². The van der Waals surface area contributed by atoms with E-state index in [9.17, 15) is 0 Å². The van der Waals surface area contributed by atoms with Gasteiger partial charge >= 0.3 is 0 Å². The van der Waals surface area contributed by atoms with E-state index in [0.717, 1.165) is 11.4 Å². The first-order valence-corrected chi connectivity index (χ1v) is 18.3. The van der Waals surface area contributed by atoms with Crippen LogP contribution in [-0.2, 0) is 5.41 Å². The number of nitrogens with zero attached hydrogens (tertiary/aromatic N) is 1. The van der Waals surface area contributed by atoms with E-state index in [1.807, 2.05) is 6.20 Å². The van der Waals surface area contributed by atoms with E-state index in [1.165, 1.54) is 71.8 Å². The van der Waals surface area contributed by atoms with E-state index in [0.29, 0.717) is 0 Å². The van der Waals surface area contributed by atoms with E-state index >= 15 is 0 Å². The summed E-state index contributed by atoms with van der Waals surface area (Å²) in [5.41, 5.74) is 14.6. The topological polar surface area (TPSA) is 17.0 Å². The van der Waals surface area contributed by atoms with Crippen LogP contribution in [-0.4, -0.2) is 4.57 Å². The highest BCUT2D eigenvalue weighted by Crippen LogP contribution is 2.50. The van der Waals surface area contributed by atoms with Gasteiger partial charge < -0.3 is 9.88 Å². The molecule has 1 aliphatic carbocycles. The lowest BCUT2D eigenvalue weighted by Gasteiger charge is -2.22. The van der Waals surface area contributed by atoms with Gasteiger partial charge in [0, 0.05) is 34.6 Å². The maximum atomic E-state index is 3.49. The van der Waals surface area contributed by atoms with Crippen molar-refractivity contribution in [1.82, 2.24) is 4.57 Å². The summed E-state index contributed by atoms with van der Waals surface area (Å²) >= 11 is 0. The van der Waals surface area contributed by atoms with E-state index in [-0.39, 0.29) is 5.41 Å². The van der Waals surface area contributed by atoms with Gasteiger partial charge in [0.05, 0.1) is 5.52 Å². The Morgan fingerprint density at radius 1 is 0.566 bits per heavy atom. The molecule has 1 aromatic heterocycles. The molecular formula is C51H40N2. The van der Waals surface area contributed by atoms with Crippen LogP contribution in [0, 0.1) is 0 Å². The molecule has 2 heteroatoms. The van der Waals surface area contributed by atoms with E-state index < -0.39 is 0 Å². The SMILES string of the molecule is CC1(C)C(=C/c2cccc3ccccc23)/C(=C\C=C\Nc2ccc(-c3ccc(-n4ccc5cc(-c6ccccc6)ccc54)cc3)cc2)c2ccccc21. The summed E-state index contributed by atoms with van der Waals surface area (Å²) in [6.07, 6.45) is 11.0. The lowest BCUT2D eigenvalue weighted by Crippen LogP contribution is -2.15. The Kier molecular flexibility index (Phi) is 8.21. The fourth-order valence-electron chi connectivity index (χ4n) is 7.90. The standard InChI is InChI=1S/C51H40N2/c1-51(2)48-20-9-8-18-46(48)47(49(51)35-41-16-10-15-39-14-6-7-17-45(39)41)19-11-32-52-43-26-21-37(22-27-43)38-23-28-44(29-24-38)53-33-31-42-34-40(25-30-50(42)53)36-12-4-3-5-13-36/h3-35,52H,1-2H3/b32-11+,47-19-,49-35+. The molecule has 0 spiro atoms. The average Bonchev–Trinajstić information content (AvgIpc) is 3.73. The van der Waals surface area contributed by atoms with Crippen LogP contribution >= 0.6 is 0 Å². The summed E-state index contributed by atoms with van der Waals surface area (Å²) in [5, 5.41) is 7.26. The van der Waals surface area contributed by atoms with Crippen LogP contribution in [0.5, 0.6) is 0 Å².